The van der Waals surface area contributed by atoms with Crippen LogP contribution in [-0.2, 0) is 11.2 Å². The molecule has 0 aliphatic carbocycles. The summed E-state index contributed by atoms with van der Waals surface area (Å²) in [6.45, 7) is 8.53. The van der Waals surface area contributed by atoms with Crippen molar-refractivity contribution in [1.82, 2.24) is 15.0 Å². The second kappa shape index (κ2) is 10.9. The fraction of sp³-hybridized carbons (Fsp3) is 0.300. The van der Waals surface area contributed by atoms with Crippen LogP contribution in [0.15, 0.2) is 73.2 Å². The van der Waals surface area contributed by atoms with E-state index in [1.807, 2.05) is 65.4 Å². The minimum atomic E-state index is -1.05. The molecule has 3 aromatic rings. The highest BCUT2D eigenvalue weighted by Gasteiger charge is 2.36. The van der Waals surface area contributed by atoms with Crippen molar-refractivity contribution < 1.29 is 14.3 Å². The average Bonchev–Trinajstić information content (AvgIpc) is 3.37. The van der Waals surface area contributed by atoms with Gasteiger partial charge in [-0.05, 0) is 54.7 Å². The molecule has 1 atom stereocenters. The normalized spacial score (nSPS) is 18.2. The Morgan fingerprint density at radius 1 is 1.10 bits per heavy atom. The maximum Gasteiger partial charge on any atom is 0.337 e. The summed E-state index contributed by atoms with van der Waals surface area (Å²) in [5, 5.41) is 13.3. The monoisotopic (exact) mass is 528 g/mol. The van der Waals surface area contributed by atoms with Gasteiger partial charge in [0.25, 0.3) is 0 Å². The van der Waals surface area contributed by atoms with Crippen molar-refractivity contribution in [1.29, 1.82) is 0 Å². The maximum atomic E-state index is 15.1. The molecule has 0 radical (unpaired) electrons. The highest BCUT2D eigenvalue weighted by atomic mass is 19.1. The minimum Gasteiger partial charge on any atom is -0.478 e. The maximum absolute atomic E-state index is 15.1. The average molecular weight is 529 g/mol. The first-order chi connectivity index (χ1) is 18.8. The van der Waals surface area contributed by atoms with Crippen molar-refractivity contribution in [3.63, 3.8) is 0 Å². The summed E-state index contributed by atoms with van der Waals surface area (Å²) < 4.78 is 15.1. The third-order valence-corrected chi connectivity index (χ3v) is 7.46. The lowest BCUT2D eigenvalue weighted by molar-refractivity contribution is -0.132. The molecule has 9 heteroatoms. The smallest absolute Gasteiger partial charge is 0.337 e. The molecule has 0 amide bonds. The summed E-state index contributed by atoms with van der Waals surface area (Å²) in [6.07, 6.45) is 6.94. The van der Waals surface area contributed by atoms with Crippen LogP contribution < -0.4 is 14.8 Å². The fourth-order valence-corrected chi connectivity index (χ4v) is 5.36. The number of rotatable bonds is 4. The van der Waals surface area contributed by atoms with E-state index in [1.54, 1.807) is 18.6 Å². The van der Waals surface area contributed by atoms with Crippen molar-refractivity contribution >= 4 is 34.6 Å². The van der Waals surface area contributed by atoms with E-state index in [1.165, 1.54) is 6.07 Å². The minimum absolute atomic E-state index is 0.106. The van der Waals surface area contributed by atoms with Crippen LogP contribution in [0.25, 0.3) is 5.57 Å². The lowest BCUT2D eigenvalue weighted by Gasteiger charge is -2.42. The molecule has 1 N–H and O–H groups in total. The molecule has 0 bridgehead atoms. The van der Waals surface area contributed by atoms with Gasteiger partial charge >= 0.3 is 5.97 Å². The molecule has 8 nitrogen and oxygen atoms in total. The molecule has 1 saturated heterocycles. The third kappa shape index (κ3) is 5.09. The number of halogens is 1. The van der Waals surface area contributed by atoms with E-state index in [9.17, 15) is 9.90 Å². The molecular formula is C30H33FN6O2. The molecule has 3 aliphatic rings. The van der Waals surface area contributed by atoms with Crippen LogP contribution in [0, 0.1) is 11.7 Å². The van der Waals surface area contributed by atoms with E-state index in [-0.39, 0.29) is 11.4 Å². The molecule has 202 valence electrons. The Morgan fingerprint density at radius 3 is 2.31 bits per heavy atom. The fourth-order valence-electron chi connectivity index (χ4n) is 5.36. The molecule has 0 saturated carbocycles. The summed E-state index contributed by atoms with van der Waals surface area (Å²) in [5.41, 5.74) is 3.57. The molecule has 0 spiro atoms. The Balaban J connectivity index is 0.000000186. The van der Waals surface area contributed by atoms with Gasteiger partial charge in [0.15, 0.2) is 0 Å². The first-order valence-corrected chi connectivity index (χ1v) is 13.1. The third-order valence-electron chi connectivity index (χ3n) is 7.46. The van der Waals surface area contributed by atoms with Crippen LogP contribution in [0.4, 0.5) is 27.4 Å². The molecule has 5 heterocycles. The predicted molar refractivity (Wildman–Crippen MR) is 152 cm³/mol. The zero-order valence-electron chi connectivity index (χ0n) is 22.5. The number of hydrogen-bond donors (Lipinski definition) is 1. The molecule has 2 aromatic heterocycles. The van der Waals surface area contributed by atoms with Crippen molar-refractivity contribution in [2.45, 2.75) is 19.8 Å². The molecule has 39 heavy (non-hydrogen) atoms. The summed E-state index contributed by atoms with van der Waals surface area (Å²) in [6, 6.07) is 13.1. The van der Waals surface area contributed by atoms with Crippen LogP contribution in [0.3, 0.4) is 0 Å². The predicted octanol–water partition coefficient (Wildman–Crippen LogP) is 5.12. The highest BCUT2D eigenvalue weighted by Crippen LogP contribution is 2.47. The number of nitrogens with zero attached hydrogens (tertiary/aromatic N) is 6. The Kier molecular flexibility index (Phi) is 7.34. The summed E-state index contributed by atoms with van der Waals surface area (Å²) in [4.78, 5) is 24.1. The lowest BCUT2D eigenvalue weighted by atomic mass is 9.89. The number of pyridine rings is 2. The molecule has 1 unspecified atom stereocenters. The van der Waals surface area contributed by atoms with Crippen molar-refractivity contribution in [2.24, 2.45) is 5.92 Å². The second-order valence-corrected chi connectivity index (χ2v) is 10.2. The van der Waals surface area contributed by atoms with E-state index < -0.39 is 5.97 Å². The molecule has 1 fully saturated rings. The SMILES string of the molecule is C=C1C(C(=O)O)=CN2c3c1cc(F)c(N1CCC(C)C1)c3CCN2C.CN(c1ccccn1)c1ccccn1. The van der Waals surface area contributed by atoms with Gasteiger partial charge in [0.1, 0.15) is 17.5 Å². The van der Waals surface area contributed by atoms with E-state index >= 15 is 4.39 Å². The number of anilines is 4. The van der Waals surface area contributed by atoms with Crippen LogP contribution in [0.5, 0.6) is 0 Å². The zero-order valence-corrected chi connectivity index (χ0v) is 22.5. The van der Waals surface area contributed by atoms with Gasteiger partial charge < -0.3 is 14.9 Å². The Bertz CT molecular complexity index is 1370. The molecule has 6 rings (SSSR count). The largest absolute Gasteiger partial charge is 0.478 e. The summed E-state index contributed by atoms with van der Waals surface area (Å²) >= 11 is 0. The van der Waals surface area contributed by atoms with Gasteiger partial charge in [-0.15, -0.1) is 0 Å². The van der Waals surface area contributed by atoms with E-state index in [4.69, 9.17) is 0 Å². The van der Waals surface area contributed by atoms with Gasteiger partial charge in [-0.3, -0.25) is 5.01 Å². The van der Waals surface area contributed by atoms with E-state index in [0.717, 1.165) is 48.8 Å². The Morgan fingerprint density at radius 2 is 1.77 bits per heavy atom. The number of hydrazine groups is 1. The first kappa shape index (κ1) is 26.4. The molecule has 1 aromatic carbocycles. The van der Waals surface area contributed by atoms with Crippen LogP contribution in [0.2, 0.25) is 0 Å². The number of hydrogen-bond acceptors (Lipinski definition) is 7. The second-order valence-electron chi connectivity index (χ2n) is 10.2. The lowest BCUT2D eigenvalue weighted by Crippen LogP contribution is -2.44. The summed E-state index contributed by atoms with van der Waals surface area (Å²) in [7, 11) is 3.86. The van der Waals surface area contributed by atoms with Gasteiger partial charge in [0.2, 0.25) is 0 Å². The van der Waals surface area contributed by atoms with Crippen LogP contribution >= 0.6 is 0 Å². The number of aromatic nitrogens is 2. The van der Waals surface area contributed by atoms with Gasteiger partial charge in [-0.2, -0.15) is 0 Å². The Hall–Kier alpha value is -4.24. The zero-order chi connectivity index (χ0) is 27.7. The van der Waals surface area contributed by atoms with Crippen molar-refractivity contribution in [3.8, 4) is 0 Å². The quantitative estimate of drug-likeness (QED) is 0.500. The number of aliphatic carboxylic acids is 1. The van der Waals surface area contributed by atoms with Gasteiger partial charge in [0, 0.05) is 63.5 Å². The van der Waals surface area contributed by atoms with Crippen LogP contribution in [-0.4, -0.2) is 59.8 Å². The van der Waals surface area contributed by atoms with Gasteiger partial charge in [-0.1, -0.05) is 25.6 Å². The molecule has 3 aliphatic heterocycles. The van der Waals surface area contributed by atoms with Gasteiger partial charge in [0.05, 0.1) is 16.9 Å². The highest BCUT2D eigenvalue weighted by molar-refractivity contribution is 6.09. The van der Waals surface area contributed by atoms with Crippen molar-refractivity contribution in [2.75, 3.05) is 48.5 Å². The first-order valence-electron chi connectivity index (χ1n) is 13.1. The van der Waals surface area contributed by atoms with Crippen LogP contribution in [0.1, 0.15) is 24.5 Å². The van der Waals surface area contributed by atoms with Crippen molar-refractivity contribution in [3.05, 3.63) is 90.2 Å². The number of carboxylic acids is 1. The Labute approximate surface area is 228 Å². The van der Waals surface area contributed by atoms with E-state index in [0.29, 0.717) is 29.3 Å². The number of carbonyl (C=O) groups is 1. The topological polar surface area (TPSA) is 76.0 Å². The molecular weight excluding hydrogens is 495 g/mol. The van der Waals surface area contributed by atoms with Gasteiger partial charge in [-0.25, -0.2) is 24.2 Å². The number of carboxylic acid groups (broad SMARTS) is 1. The standard InChI is InChI=1S/C19H22FN3O2.C11H11N3/c1-11-4-7-22(9-11)18-13-5-6-21(3)23-10-15(19(24)25)12(2)14(17(13)23)8-16(18)20;1-14(10-6-2-4-8-12-10)11-7-3-5-9-13-11/h8,10-11H,2,4-7,9H2,1,3H3,(H,24,25);2-9H,1H3. The number of benzene rings is 1. The summed E-state index contributed by atoms with van der Waals surface area (Å²) in [5.74, 6) is 1.02. The van der Waals surface area contributed by atoms with E-state index in [2.05, 4.69) is 28.4 Å². The number of likely N-dealkylation sites (N-methyl/N-ethyl adjacent to an activating group) is 1.